The second-order valence-electron chi connectivity index (χ2n) is 6.98. The zero-order valence-electron chi connectivity index (χ0n) is 14.3. The third kappa shape index (κ3) is 3.81. The molecule has 1 aliphatic heterocycles. The van der Waals surface area contributed by atoms with Gasteiger partial charge in [0.2, 0.25) is 0 Å². The Morgan fingerprint density at radius 2 is 2.09 bits per heavy atom. The molecule has 1 fully saturated rings. The van der Waals surface area contributed by atoms with Crippen molar-refractivity contribution in [1.29, 1.82) is 0 Å². The fraction of sp³-hybridized carbons (Fsp3) is 0.684. The first kappa shape index (κ1) is 16.6. The Morgan fingerprint density at radius 1 is 1.26 bits per heavy atom. The maximum Gasteiger partial charge on any atom is 0.127 e. The molecule has 0 bridgehead atoms. The molecule has 1 heterocycles. The Bertz CT molecular complexity index is 532. The van der Waals surface area contributed by atoms with Crippen LogP contribution in [0.15, 0.2) is 12.1 Å². The summed E-state index contributed by atoms with van der Waals surface area (Å²) in [5, 5.41) is 13.3. The number of nitrogens with one attached hydrogen (secondary N) is 1. The van der Waals surface area contributed by atoms with Crippen LogP contribution in [0.5, 0.6) is 11.5 Å². The van der Waals surface area contributed by atoms with Crippen LogP contribution in [-0.4, -0.2) is 31.0 Å². The molecule has 1 aliphatic carbocycles. The maximum absolute atomic E-state index is 9.67. The zero-order chi connectivity index (χ0) is 16.2. The van der Waals surface area contributed by atoms with Gasteiger partial charge in [0.15, 0.2) is 0 Å². The fourth-order valence-corrected chi connectivity index (χ4v) is 3.94. The van der Waals surface area contributed by atoms with Crippen molar-refractivity contribution >= 4 is 0 Å². The number of hydrogen-bond acceptors (Lipinski definition) is 4. The predicted octanol–water partition coefficient (Wildman–Crippen LogP) is 3.05. The van der Waals surface area contributed by atoms with Gasteiger partial charge in [0.05, 0.1) is 7.11 Å². The summed E-state index contributed by atoms with van der Waals surface area (Å²) < 4.78 is 11.5. The minimum absolute atomic E-state index is 0.235. The first-order valence-corrected chi connectivity index (χ1v) is 8.92. The van der Waals surface area contributed by atoms with Gasteiger partial charge in [-0.1, -0.05) is 19.3 Å². The summed E-state index contributed by atoms with van der Waals surface area (Å²) >= 11 is 0. The highest BCUT2D eigenvalue weighted by molar-refractivity contribution is 5.49. The third-order valence-electron chi connectivity index (χ3n) is 5.23. The van der Waals surface area contributed by atoms with Gasteiger partial charge in [-0.15, -0.1) is 0 Å². The Kier molecular flexibility index (Phi) is 5.44. The number of aliphatic hydroxyl groups is 1. The van der Waals surface area contributed by atoms with E-state index in [0.29, 0.717) is 12.0 Å². The molecule has 0 spiro atoms. The van der Waals surface area contributed by atoms with Gasteiger partial charge in [0.1, 0.15) is 17.6 Å². The molecular weight excluding hydrogens is 290 g/mol. The molecule has 0 amide bonds. The lowest BCUT2D eigenvalue weighted by atomic mass is 9.95. The number of ether oxygens (including phenoxy) is 2. The molecule has 2 aliphatic rings. The van der Waals surface area contributed by atoms with Crippen molar-refractivity contribution in [2.45, 2.75) is 64.1 Å². The highest BCUT2D eigenvalue weighted by atomic mass is 16.5. The van der Waals surface area contributed by atoms with E-state index >= 15 is 0 Å². The van der Waals surface area contributed by atoms with Crippen molar-refractivity contribution in [2.75, 3.05) is 13.7 Å². The van der Waals surface area contributed by atoms with Crippen LogP contribution in [0.4, 0.5) is 0 Å². The largest absolute Gasteiger partial charge is 0.497 e. The first-order chi connectivity index (χ1) is 11.2. The number of methoxy groups -OCH3 is 1. The van der Waals surface area contributed by atoms with Crippen LogP contribution in [0.3, 0.4) is 0 Å². The quantitative estimate of drug-likeness (QED) is 0.819. The molecule has 23 heavy (non-hydrogen) atoms. The Labute approximate surface area is 139 Å². The normalized spacial score (nSPS) is 27.2. The van der Waals surface area contributed by atoms with Crippen LogP contribution < -0.4 is 14.8 Å². The van der Waals surface area contributed by atoms with E-state index in [1.807, 2.05) is 0 Å². The van der Waals surface area contributed by atoms with E-state index in [0.717, 1.165) is 37.3 Å². The van der Waals surface area contributed by atoms with Gasteiger partial charge in [-0.25, -0.2) is 0 Å². The Hall–Kier alpha value is -1.26. The van der Waals surface area contributed by atoms with E-state index in [1.54, 1.807) is 7.11 Å². The van der Waals surface area contributed by atoms with Crippen LogP contribution in [0.25, 0.3) is 0 Å². The number of hydrogen-bond donors (Lipinski definition) is 2. The fourth-order valence-electron chi connectivity index (χ4n) is 3.94. The van der Waals surface area contributed by atoms with E-state index in [-0.39, 0.29) is 12.7 Å². The summed E-state index contributed by atoms with van der Waals surface area (Å²) in [5.74, 6) is 2.30. The lowest BCUT2D eigenvalue weighted by Gasteiger charge is -2.25. The highest BCUT2D eigenvalue weighted by Crippen LogP contribution is 2.36. The lowest BCUT2D eigenvalue weighted by molar-refractivity contribution is 0.180. The molecule has 0 saturated heterocycles. The average Bonchev–Trinajstić information content (AvgIpc) is 2.79. The van der Waals surface area contributed by atoms with E-state index < -0.39 is 0 Å². The van der Waals surface area contributed by atoms with Crippen LogP contribution in [0.2, 0.25) is 0 Å². The van der Waals surface area contributed by atoms with Crippen molar-refractivity contribution in [3.05, 3.63) is 23.3 Å². The van der Waals surface area contributed by atoms with Crippen LogP contribution >= 0.6 is 0 Å². The standard InChI is InChI=1S/C19H29NO3/c1-13-8-15-9-17(22-2)10-16(19(15)23-13)11-20-18-7-5-3-4-6-14(18)12-21/h9-10,13-14,18,20-21H,3-8,11-12H2,1-2H3/t13-,14-,18+/m0/s1. The molecule has 3 atom stereocenters. The second kappa shape index (κ2) is 7.54. The summed E-state index contributed by atoms with van der Waals surface area (Å²) in [6.45, 7) is 3.16. The van der Waals surface area contributed by atoms with Crippen molar-refractivity contribution in [3.8, 4) is 11.5 Å². The molecule has 0 unspecified atom stereocenters. The van der Waals surface area contributed by atoms with Gasteiger partial charge in [0, 0.05) is 36.7 Å². The number of rotatable bonds is 5. The van der Waals surface area contributed by atoms with Gasteiger partial charge >= 0.3 is 0 Å². The molecule has 0 aromatic heterocycles. The number of aliphatic hydroxyl groups excluding tert-OH is 1. The molecule has 0 radical (unpaired) electrons. The lowest BCUT2D eigenvalue weighted by Crippen LogP contribution is -2.37. The Morgan fingerprint density at radius 3 is 2.87 bits per heavy atom. The molecule has 4 heteroatoms. The number of benzene rings is 1. The van der Waals surface area contributed by atoms with Crippen molar-refractivity contribution < 1.29 is 14.6 Å². The van der Waals surface area contributed by atoms with E-state index in [4.69, 9.17) is 9.47 Å². The van der Waals surface area contributed by atoms with Crippen LogP contribution in [0.1, 0.15) is 50.2 Å². The Balaban J connectivity index is 1.73. The zero-order valence-corrected chi connectivity index (χ0v) is 14.3. The van der Waals surface area contributed by atoms with E-state index in [2.05, 4.69) is 24.4 Å². The summed E-state index contributed by atoms with van der Waals surface area (Å²) in [7, 11) is 1.71. The summed E-state index contributed by atoms with van der Waals surface area (Å²) in [4.78, 5) is 0. The monoisotopic (exact) mass is 319 g/mol. The topological polar surface area (TPSA) is 50.7 Å². The van der Waals surface area contributed by atoms with Crippen molar-refractivity contribution in [3.63, 3.8) is 0 Å². The molecule has 2 N–H and O–H groups in total. The van der Waals surface area contributed by atoms with Gasteiger partial charge < -0.3 is 19.9 Å². The minimum atomic E-state index is 0.235. The molecular formula is C19H29NO3. The van der Waals surface area contributed by atoms with Gasteiger partial charge in [-0.2, -0.15) is 0 Å². The van der Waals surface area contributed by atoms with Gasteiger partial charge in [-0.05, 0) is 37.8 Å². The minimum Gasteiger partial charge on any atom is -0.497 e. The molecule has 4 nitrogen and oxygen atoms in total. The predicted molar refractivity (Wildman–Crippen MR) is 91.1 cm³/mol. The highest BCUT2D eigenvalue weighted by Gasteiger charge is 2.26. The van der Waals surface area contributed by atoms with Gasteiger partial charge in [-0.3, -0.25) is 0 Å². The third-order valence-corrected chi connectivity index (χ3v) is 5.23. The summed E-state index contributed by atoms with van der Waals surface area (Å²) in [6, 6.07) is 4.56. The van der Waals surface area contributed by atoms with E-state index in [9.17, 15) is 5.11 Å². The number of fused-ring (bicyclic) bond motifs is 1. The van der Waals surface area contributed by atoms with E-state index in [1.165, 1.54) is 30.4 Å². The maximum atomic E-state index is 9.67. The van der Waals surface area contributed by atoms with Crippen molar-refractivity contribution in [1.82, 2.24) is 5.32 Å². The summed E-state index contributed by atoms with van der Waals surface area (Å²) in [5.41, 5.74) is 2.41. The second-order valence-corrected chi connectivity index (χ2v) is 6.98. The molecule has 1 saturated carbocycles. The smallest absolute Gasteiger partial charge is 0.127 e. The molecule has 1 aromatic rings. The summed E-state index contributed by atoms with van der Waals surface area (Å²) in [6.07, 6.45) is 7.22. The average molecular weight is 319 g/mol. The SMILES string of the molecule is COc1cc(CN[C@@H]2CCCCC[C@H]2CO)c2c(c1)C[C@H](C)O2. The van der Waals surface area contributed by atoms with Gasteiger partial charge in [0.25, 0.3) is 0 Å². The molecule has 1 aromatic carbocycles. The first-order valence-electron chi connectivity index (χ1n) is 8.92. The van der Waals surface area contributed by atoms with Crippen molar-refractivity contribution in [2.24, 2.45) is 5.92 Å². The molecule has 128 valence electrons. The molecule has 3 rings (SSSR count). The van der Waals surface area contributed by atoms with Crippen LogP contribution in [0, 0.1) is 5.92 Å². The van der Waals surface area contributed by atoms with Crippen LogP contribution in [-0.2, 0) is 13.0 Å².